The number of carbonyl (C=O) groups excluding carboxylic acids is 2. The first kappa shape index (κ1) is 22.7. The smallest absolute Gasteiger partial charge is 0.231 e. The van der Waals surface area contributed by atoms with E-state index in [2.05, 4.69) is 15.5 Å². The number of nitrogens with one attached hydrogen (secondary N) is 1. The minimum Gasteiger partial charge on any atom is -0.497 e. The van der Waals surface area contributed by atoms with Crippen LogP contribution in [0.5, 0.6) is 11.5 Å². The lowest BCUT2D eigenvalue weighted by Gasteiger charge is -2.40. The predicted molar refractivity (Wildman–Crippen MR) is 127 cm³/mol. The first-order valence-corrected chi connectivity index (χ1v) is 11.6. The number of amides is 2. The molecule has 3 aromatic rings. The molecule has 1 fully saturated rings. The molecule has 0 spiro atoms. The van der Waals surface area contributed by atoms with E-state index in [0.29, 0.717) is 28.7 Å². The van der Waals surface area contributed by atoms with Gasteiger partial charge in [-0.15, -0.1) is 10.2 Å². The van der Waals surface area contributed by atoms with Crippen molar-refractivity contribution >= 4 is 34.0 Å². The summed E-state index contributed by atoms with van der Waals surface area (Å²) in [6.07, 6.45) is 1.46. The number of methoxy groups -OCH3 is 2. The van der Waals surface area contributed by atoms with E-state index >= 15 is 0 Å². The topological polar surface area (TPSA) is 93.7 Å². The third-order valence-corrected chi connectivity index (χ3v) is 6.72. The Hall–Kier alpha value is -3.46. The molecule has 0 radical (unpaired) electrons. The van der Waals surface area contributed by atoms with Gasteiger partial charge in [-0.2, -0.15) is 0 Å². The van der Waals surface area contributed by atoms with Crippen molar-refractivity contribution in [2.24, 2.45) is 5.92 Å². The van der Waals surface area contributed by atoms with Crippen LogP contribution in [0.25, 0.3) is 0 Å². The van der Waals surface area contributed by atoms with E-state index in [9.17, 15) is 9.59 Å². The number of benzene rings is 2. The van der Waals surface area contributed by atoms with Gasteiger partial charge in [-0.1, -0.05) is 30.4 Å². The molecular formula is C24H26N4O4S. The highest BCUT2D eigenvalue weighted by molar-refractivity contribution is 7.15. The molecule has 1 aromatic heterocycles. The average molecular weight is 467 g/mol. The molecular weight excluding hydrogens is 440 g/mol. The van der Waals surface area contributed by atoms with Crippen molar-refractivity contribution < 1.29 is 19.1 Å². The summed E-state index contributed by atoms with van der Waals surface area (Å²) in [6, 6.07) is 14.3. The van der Waals surface area contributed by atoms with Crippen molar-refractivity contribution in [2.75, 3.05) is 24.4 Å². The quantitative estimate of drug-likeness (QED) is 0.560. The number of piperidine rings is 1. The minimum absolute atomic E-state index is 0.0331. The molecule has 33 heavy (non-hydrogen) atoms. The van der Waals surface area contributed by atoms with Gasteiger partial charge in [0.15, 0.2) is 0 Å². The van der Waals surface area contributed by atoms with Gasteiger partial charge >= 0.3 is 0 Å². The van der Waals surface area contributed by atoms with Gasteiger partial charge in [0.2, 0.25) is 16.9 Å². The second-order valence-electron chi connectivity index (χ2n) is 7.67. The van der Waals surface area contributed by atoms with Crippen LogP contribution in [0, 0.1) is 5.92 Å². The van der Waals surface area contributed by atoms with Crippen LogP contribution in [0.2, 0.25) is 0 Å². The van der Waals surface area contributed by atoms with Crippen LogP contribution in [-0.4, -0.2) is 36.2 Å². The molecule has 0 saturated carbocycles. The maximum atomic E-state index is 13.4. The zero-order valence-corrected chi connectivity index (χ0v) is 19.6. The molecule has 0 bridgehead atoms. The molecule has 2 amide bonds. The average Bonchev–Trinajstić information content (AvgIpc) is 3.31. The zero-order valence-electron chi connectivity index (χ0n) is 18.8. The van der Waals surface area contributed by atoms with Crippen LogP contribution in [0.3, 0.4) is 0 Å². The number of hydrogen-bond acceptors (Lipinski definition) is 7. The zero-order chi connectivity index (χ0) is 23.4. The second kappa shape index (κ2) is 9.99. The number of nitrogens with zero attached hydrogens (tertiary/aromatic N) is 3. The maximum Gasteiger partial charge on any atom is 0.231 e. The van der Waals surface area contributed by atoms with Crippen LogP contribution in [0.1, 0.15) is 36.4 Å². The third kappa shape index (κ3) is 4.83. The minimum atomic E-state index is -0.482. The molecule has 1 saturated heterocycles. The Morgan fingerprint density at radius 1 is 1.06 bits per heavy atom. The molecule has 9 heteroatoms. The van der Waals surface area contributed by atoms with E-state index in [1.165, 1.54) is 11.3 Å². The number of rotatable bonds is 7. The second-order valence-corrected chi connectivity index (χ2v) is 8.73. The van der Waals surface area contributed by atoms with E-state index in [0.717, 1.165) is 17.0 Å². The monoisotopic (exact) mass is 466 g/mol. The molecule has 1 aliphatic heterocycles. The summed E-state index contributed by atoms with van der Waals surface area (Å²) in [7, 11) is 3.20. The summed E-state index contributed by atoms with van der Waals surface area (Å²) < 4.78 is 10.6. The first-order valence-electron chi connectivity index (χ1n) is 10.8. The van der Waals surface area contributed by atoms with Crippen molar-refractivity contribution in [2.45, 2.75) is 32.2 Å². The summed E-state index contributed by atoms with van der Waals surface area (Å²) in [5.74, 6) is 0.724. The Balaban J connectivity index is 1.71. The van der Waals surface area contributed by atoms with Gasteiger partial charge in [0.05, 0.1) is 26.2 Å². The molecule has 0 aliphatic carbocycles. The van der Waals surface area contributed by atoms with Gasteiger partial charge in [-0.3, -0.25) is 9.59 Å². The SMILES string of the molecule is CCc1nnc(NC(=O)[C@H]2CCC(=O)N(c3ccc(OC)cc3)[C@H]2c2ccc(OC)cc2)s1. The van der Waals surface area contributed by atoms with Crippen LogP contribution in [0.15, 0.2) is 48.5 Å². The Labute approximate surface area is 196 Å². The molecule has 2 aromatic carbocycles. The standard InChI is InChI=1S/C24H26N4O4S/c1-4-20-26-27-24(33-20)25-23(30)19-13-14-21(29)28(16-7-11-18(32-3)12-8-16)22(19)15-5-9-17(31-2)10-6-15/h5-12,19,22H,4,13-14H2,1-3H3,(H,25,27,30)/t19-,22-/m0/s1. The van der Waals surface area contributed by atoms with Crippen molar-refractivity contribution in [3.8, 4) is 11.5 Å². The highest BCUT2D eigenvalue weighted by Gasteiger charge is 2.41. The lowest BCUT2D eigenvalue weighted by Crippen LogP contribution is -2.46. The largest absolute Gasteiger partial charge is 0.497 e. The predicted octanol–water partition coefficient (Wildman–Crippen LogP) is 4.24. The summed E-state index contributed by atoms with van der Waals surface area (Å²) in [5.41, 5.74) is 1.56. The third-order valence-electron chi connectivity index (χ3n) is 5.74. The van der Waals surface area contributed by atoms with Gasteiger partial charge < -0.3 is 19.7 Å². The molecule has 0 unspecified atom stereocenters. The van der Waals surface area contributed by atoms with E-state index in [1.54, 1.807) is 19.1 Å². The number of carbonyl (C=O) groups is 2. The first-order chi connectivity index (χ1) is 16.0. The number of aryl methyl sites for hydroxylation is 1. The summed E-state index contributed by atoms with van der Waals surface area (Å²) >= 11 is 1.36. The maximum absolute atomic E-state index is 13.4. The lowest BCUT2D eigenvalue weighted by atomic mass is 9.83. The fourth-order valence-corrected chi connectivity index (χ4v) is 4.72. The van der Waals surface area contributed by atoms with E-state index in [-0.39, 0.29) is 18.2 Å². The number of anilines is 2. The number of aromatic nitrogens is 2. The van der Waals surface area contributed by atoms with Crippen LogP contribution in [-0.2, 0) is 16.0 Å². The molecule has 2 heterocycles. The molecule has 8 nitrogen and oxygen atoms in total. The summed E-state index contributed by atoms with van der Waals surface area (Å²) in [4.78, 5) is 28.3. The Morgan fingerprint density at radius 2 is 1.70 bits per heavy atom. The highest BCUT2D eigenvalue weighted by Crippen LogP contribution is 2.41. The molecule has 172 valence electrons. The van der Waals surface area contributed by atoms with E-state index in [4.69, 9.17) is 9.47 Å². The fourth-order valence-electron chi connectivity index (χ4n) is 4.04. The summed E-state index contributed by atoms with van der Waals surface area (Å²) in [6.45, 7) is 1.99. The normalized spacial score (nSPS) is 18.2. The van der Waals surface area contributed by atoms with Crippen molar-refractivity contribution in [1.29, 1.82) is 0 Å². The van der Waals surface area contributed by atoms with Crippen molar-refractivity contribution in [3.05, 3.63) is 59.1 Å². The van der Waals surface area contributed by atoms with Crippen LogP contribution >= 0.6 is 11.3 Å². The summed E-state index contributed by atoms with van der Waals surface area (Å²) in [5, 5.41) is 12.4. The lowest BCUT2D eigenvalue weighted by molar-refractivity contribution is -0.125. The van der Waals surface area contributed by atoms with Crippen LogP contribution in [0.4, 0.5) is 10.8 Å². The highest BCUT2D eigenvalue weighted by atomic mass is 32.1. The molecule has 2 atom stereocenters. The fraction of sp³-hybridized carbons (Fsp3) is 0.333. The van der Waals surface area contributed by atoms with Gasteiger partial charge in [0.1, 0.15) is 16.5 Å². The van der Waals surface area contributed by atoms with E-state index < -0.39 is 12.0 Å². The van der Waals surface area contributed by atoms with Crippen molar-refractivity contribution in [3.63, 3.8) is 0 Å². The van der Waals surface area contributed by atoms with Crippen molar-refractivity contribution in [1.82, 2.24) is 10.2 Å². The Morgan fingerprint density at radius 3 is 2.27 bits per heavy atom. The van der Waals surface area contributed by atoms with Gasteiger partial charge in [-0.05, 0) is 54.8 Å². The Bertz CT molecular complexity index is 1110. The molecule has 1 N–H and O–H groups in total. The number of hydrogen-bond donors (Lipinski definition) is 1. The van der Waals surface area contributed by atoms with E-state index in [1.807, 2.05) is 55.5 Å². The van der Waals surface area contributed by atoms with Crippen LogP contribution < -0.4 is 19.7 Å². The van der Waals surface area contributed by atoms with Gasteiger partial charge in [0, 0.05) is 12.1 Å². The number of ether oxygens (including phenoxy) is 2. The van der Waals surface area contributed by atoms with Gasteiger partial charge in [-0.25, -0.2) is 0 Å². The molecule has 1 aliphatic rings. The Kier molecular flexibility index (Phi) is 6.88. The molecule has 4 rings (SSSR count). The van der Waals surface area contributed by atoms with Gasteiger partial charge in [0.25, 0.3) is 0 Å².